The minimum Gasteiger partial charge on any atom is -0.378 e. The van der Waals surface area contributed by atoms with Crippen LogP contribution in [0.2, 0.25) is 0 Å². The van der Waals surface area contributed by atoms with Crippen molar-refractivity contribution in [1.82, 2.24) is 4.90 Å². The molecule has 1 heterocycles. The number of amides is 2. The molecule has 0 spiro atoms. The molecule has 1 aliphatic heterocycles. The molecule has 0 atom stereocenters. The quantitative estimate of drug-likeness (QED) is 0.761. The number of halogens is 2. The summed E-state index contributed by atoms with van der Waals surface area (Å²) in [5.41, 5.74) is 2.03. The highest BCUT2D eigenvalue weighted by Crippen LogP contribution is 2.20. The van der Waals surface area contributed by atoms with Gasteiger partial charge in [-0.2, -0.15) is 0 Å². The summed E-state index contributed by atoms with van der Waals surface area (Å²) in [6, 6.07) is 11.4. The number of nitrogens with one attached hydrogen (secondary N) is 1. The number of rotatable bonds is 5. The Hall–Kier alpha value is -2.45. The number of benzene rings is 2. The smallest absolute Gasteiger partial charge is 0.255 e. The van der Waals surface area contributed by atoms with Crippen molar-refractivity contribution in [1.29, 1.82) is 0 Å². The van der Waals surface area contributed by atoms with Crippen LogP contribution in [0, 0.1) is 5.82 Å². The zero-order valence-electron chi connectivity index (χ0n) is 15.5. The Kier molecular flexibility index (Phi) is 6.64. The molecule has 2 aromatic carbocycles. The predicted octanol–water partition coefficient (Wildman–Crippen LogP) is 3.14. The molecule has 6 nitrogen and oxygen atoms in total. The normalized spacial score (nSPS) is 13.9. The Morgan fingerprint density at radius 2 is 1.86 bits per heavy atom. The average Bonchev–Trinajstić information content (AvgIpc) is 2.68. The van der Waals surface area contributed by atoms with E-state index in [9.17, 15) is 14.0 Å². The van der Waals surface area contributed by atoms with Gasteiger partial charge in [-0.3, -0.25) is 9.59 Å². The van der Waals surface area contributed by atoms with E-state index in [-0.39, 0.29) is 18.4 Å². The summed E-state index contributed by atoms with van der Waals surface area (Å²) >= 11 is 3.18. The molecule has 0 aliphatic carbocycles. The molecule has 1 fully saturated rings. The lowest BCUT2D eigenvalue weighted by Gasteiger charge is -2.28. The van der Waals surface area contributed by atoms with E-state index in [1.807, 2.05) is 24.3 Å². The third-order valence-corrected chi connectivity index (χ3v) is 5.07. The molecule has 8 heteroatoms. The van der Waals surface area contributed by atoms with Gasteiger partial charge in [-0.1, -0.05) is 0 Å². The van der Waals surface area contributed by atoms with Crippen LogP contribution in [-0.4, -0.2) is 56.6 Å². The average molecular weight is 450 g/mol. The Balaban J connectivity index is 1.56. The van der Waals surface area contributed by atoms with Crippen LogP contribution in [0.3, 0.4) is 0 Å². The molecule has 1 saturated heterocycles. The summed E-state index contributed by atoms with van der Waals surface area (Å²) in [4.78, 5) is 28.3. The fourth-order valence-electron chi connectivity index (χ4n) is 2.93. The SMILES string of the molecule is CN(CC(=O)Nc1ccc(N2CCOCC2)cc1)C(=O)c1ccc(F)cc1Br. The lowest BCUT2D eigenvalue weighted by molar-refractivity contribution is -0.116. The second kappa shape index (κ2) is 9.16. The molecule has 28 heavy (non-hydrogen) atoms. The van der Waals surface area contributed by atoms with Gasteiger partial charge in [-0.25, -0.2) is 4.39 Å². The lowest BCUT2D eigenvalue weighted by atomic mass is 10.2. The van der Waals surface area contributed by atoms with Crippen LogP contribution < -0.4 is 10.2 Å². The third kappa shape index (κ3) is 5.08. The van der Waals surface area contributed by atoms with Crippen LogP contribution in [0.1, 0.15) is 10.4 Å². The summed E-state index contributed by atoms with van der Waals surface area (Å²) in [7, 11) is 1.53. The molecule has 3 rings (SSSR count). The van der Waals surface area contributed by atoms with Crippen LogP contribution in [-0.2, 0) is 9.53 Å². The van der Waals surface area contributed by atoms with Gasteiger partial charge in [0, 0.05) is 36.0 Å². The first-order chi connectivity index (χ1) is 13.4. The fraction of sp³-hybridized carbons (Fsp3) is 0.300. The summed E-state index contributed by atoms with van der Waals surface area (Å²) < 4.78 is 18.9. The lowest BCUT2D eigenvalue weighted by Crippen LogP contribution is -2.36. The van der Waals surface area contributed by atoms with E-state index >= 15 is 0 Å². The number of hydrogen-bond donors (Lipinski definition) is 1. The van der Waals surface area contributed by atoms with E-state index in [0.717, 1.165) is 18.8 Å². The molecule has 1 N–H and O–H groups in total. The van der Waals surface area contributed by atoms with E-state index in [2.05, 4.69) is 26.1 Å². The van der Waals surface area contributed by atoms with E-state index < -0.39 is 5.82 Å². The van der Waals surface area contributed by atoms with Gasteiger partial charge >= 0.3 is 0 Å². The Morgan fingerprint density at radius 1 is 1.18 bits per heavy atom. The van der Waals surface area contributed by atoms with Gasteiger partial charge < -0.3 is 19.9 Å². The molecular formula is C20H21BrFN3O3. The van der Waals surface area contributed by atoms with Gasteiger partial charge in [0.05, 0.1) is 25.3 Å². The van der Waals surface area contributed by atoms with Crippen molar-refractivity contribution >= 4 is 39.1 Å². The molecular weight excluding hydrogens is 429 g/mol. The Morgan fingerprint density at radius 3 is 2.50 bits per heavy atom. The van der Waals surface area contributed by atoms with Crippen molar-refractivity contribution in [3.8, 4) is 0 Å². The maximum atomic E-state index is 13.2. The van der Waals surface area contributed by atoms with Gasteiger partial charge in [-0.15, -0.1) is 0 Å². The first-order valence-electron chi connectivity index (χ1n) is 8.87. The third-order valence-electron chi connectivity index (χ3n) is 4.42. The molecule has 2 aromatic rings. The molecule has 0 unspecified atom stereocenters. The van der Waals surface area contributed by atoms with Crippen molar-refractivity contribution in [3.63, 3.8) is 0 Å². The van der Waals surface area contributed by atoms with E-state index in [1.54, 1.807) is 0 Å². The molecule has 0 saturated carbocycles. The van der Waals surface area contributed by atoms with E-state index in [4.69, 9.17) is 4.74 Å². The number of carbonyl (C=O) groups excluding carboxylic acids is 2. The summed E-state index contributed by atoms with van der Waals surface area (Å²) in [5, 5.41) is 2.79. The number of likely N-dealkylation sites (N-methyl/N-ethyl adjacent to an activating group) is 1. The van der Waals surface area contributed by atoms with Gasteiger partial charge in [0.1, 0.15) is 5.82 Å². The van der Waals surface area contributed by atoms with Crippen molar-refractivity contribution in [2.75, 3.05) is 50.1 Å². The van der Waals surface area contributed by atoms with Crippen LogP contribution in [0.15, 0.2) is 46.9 Å². The standard InChI is InChI=1S/C20H21BrFN3O3/c1-24(20(27)17-7-2-14(22)12-18(17)21)13-19(26)23-15-3-5-16(6-4-15)25-8-10-28-11-9-25/h2-7,12H,8-11,13H2,1H3,(H,23,26). The summed E-state index contributed by atoms with van der Waals surface area (Å²) in [6.07, 6.45) is 0. The summed E-state index contributed by atoms with van der Waals surface area (Å²) in [5.74, 6) is -1.12. The van der Waals surface area contributed by atoms with Crippen molar-refractivity contribution < 1.29 is 18.7 Å². The first kappa shape index (κ1) is 20.3. The first-order valence-corrected chi connectivity index (χ1v) is 9.66. The maximum absolute atomic E-state index is 13.2. The van der Waals surface area contributed by atoms with Crippen LogP contribution in [0.25, 0.3) is 0 Å². The predicted molar refractivity (Wildman–Crippen MR) is 109 cm³/mol. The molecule has 0 bridgehead atoms. The zero-order valence-corrected chi connectivity index (χ0v) is 17.0. The van der Waals surface area contributed by atoms with Crippen LogP contribution in [0.5, 0.6) is 0 Å². The Labute approximate surface area is 171 Å². The fourth-order valence-corrected chi connectivity index (χ4v) is 3.45. The van der Waals surface area contributed by atoms with Gasteiger partial charge in [0.2, 0.25) is 5.91 Å². The van der Waals surface area contributed by atoms with Crippen molar-refractivity contribution in [2.45, 2.75) is 0 Å². The summed E-state index contributed by atoms with van der Waals surface area (Å²) in [6.45, 7) is 3.00. The number of morpholine rings is 1. The zero-order chi connectivity index (χ0) is 20.1. The number of hydrogen-bond acceptors (Lipinski definition) is 4. The molecule has 0 radical (unpaired) electrons. The van der Waals surface area contributed by atoms with Gasteiger partial charge in [0.15, 0.2) is 0 Å². The number of carbonyl (C=O) groups is 2. The van der Waals surface area contributed by atoms with E-state index in [1.165, 1.54) is 30.1 Å². The van der Waals surface area contributed by atoms with Crippen LogP contribution in [0.4, 0.5) is 15.8 Å². The second-order valence-corrected chi connectivity index (χ2v) is 7.33. The highest BCUT2D eigenvalue weighted by Gasteiger charge is 2.18. The molecule has 2 amide bonds. The van der Waals surface area contributed by atoms with Gasteiger partial charge in [0.25, 0.3) is 5.91 Å². The highest BCUT2D eigenvalue weighted by atomic mass is 79.9. The second-order valence-electron chi connectivity index (χ2n) is 6.48. The highest BCUT2D eigenvalue weighted by molar-refractivity contribution is 9.10. The molecule has 1 aliphatic rings. The number of nitrogens with zero attached hydrogens (tertiary/aromatic N) is 2. The minimum atomic E-state index is -0.440. The van der Waals surface area contributed by atoms with Crippen molar-refractivity contribution in [3.05, 3.63) is 58.3 Å². The largest absolute Gasteiger partial charge is 0.378 e. The molecule has 148 valence electrons. The van der Waals surface area contributed by atoms with Crippen molar-refractivity contribution in [2.24, 2.45) is 0 Å². The minimum absolute atomic E-state index is 0.117. The monoisotopic (exact) mass is 449 g/mol. The van der Waals surface area contributed by atoms with Crippen LogP contribution >= 0.6 is 15.9 Å². The molecule has 0 aromatic heterocycles. The topological polar surface area (TPSA) is 61.9 Å². The number of ether oxygens (including phenoxy) is 1. The Bertz CT molecular complexity index is 854. The maximum Gasteiger partial charge on any atom is 0.255 e. The van der Waals surface area contributed by atoms with E-state index in [0.29, 0.717) is 28.9 Å². The number of anilines is 2. The van der Waals surface area contributed by atoms with Gasteiger partial charge in [-0.05, 0) is 58.4 Å².